The van der Waals surface area contributed by atoms with E-state index in [0.717, 1.165) is 25.2 Å². The van der Waals surface area contributed by atoms with Crippen LogP contribution in [-0.2, 0) is 6.42 Å². The predicted octanol–water partition coefficient (Wildman–Crippen LogP) is 3.39. The zero-order chi connectivity index (χ0) is 13.2. The molecule has 100 valence electrons. The average molecular weight is 247 g/mol. The Morgan fingerprint density at radius 1 is 1.28 bits per heavy atom. The molecular weight excluding hydrogens is 222 g/mol. The van der Waals surface area contributed by atoms with Crippen molar-refractivity contribution < 1.29 is 4.74 Å². The van der Waals surface area contributed by atoms with Crippen LogP contribution < -0.4 is 10.5 Å². The summed E-state index contributed by atoms with van der Waals surface area (Å²) in [5.74, 6) is 1.04. The molecule has 0 aliphatic carbocycles. The number of nitrogens with two attached hydrogens (primary N) is 1. The van der Waals surface area contributed by atoms with Crippen molar-refractivity contribution in [3.8, 4) is 5.75 Å². The van der Waals surface area contributed by atoms with E-state index in [0.29, 0.717) is 12.0 Å². The first-order valence-corrected chi connectivity index (χ1v) is 6.85. The molecular formula is C16H25NO. The molecule has 18 heavy (non-hydrogen) atoms. The van der Waals surface area contributed by atoms with Gasteiger partial charge in [-0.1, -0.05) is 39.0 Å². The standard InChI is InChI=1S/C16H25NO/c1-15(2,3)8-9-16(11-17)10-13-6-4-5-7-14(13)18-12-16/h4-7H,8-12,17H2,1-3H3. The molecule has 1 aromatic rings. The van der Waals surface area contributed by atoms with Gasteiger partial charge in [-0.25, -0.2) is 0 Å². The van der Waals surface area contributed by atoms with E-state index in [2.05, 4.69) is 39.0 Å². The molecule has 0 spiro atoms. The molecule has 2 heteroatoms. The topological polar surface area (TPSA) is 35.2 Å². The number of rotatable bonds is 3. The van der Waals surface area contributed by atoms with Gasteiger partial charge in [0.25, 0.3) is 0 Å². The Bertz CT molecular complexity index is 408. The van der Waals surface area contributed by atoms with E-state index in [-0.39, 0.29) is 5.41 Å². The first-order valence-electron chi connectivity index (χ1n) is 6.85. The van der Waals surface area contributed by atoms with E-state index in [1.165, 1.54) is 12.0 Å². The summed E-state index contributed by atoms with van der Waals surface area (Å²) in [7, 11) is 0. The summed E-state index contributed by atoms with van der Waals surface area (Å²) in [5, 5.41) is 0. The van der Waals surface area contributed by atoms with Crippen molar-refractivity contribution in [1.82, 2.24) is 0 Å². The zero-order valence-corrected chi connectivity index (χ0v) is 11.8. The van der Waals surface area contributed by atoms with Crippen LogP contribution in [0, 0.1) is 10.8 Å². The SMILES string of the molecule is CC(C)(C)CCC1(CN)COc2ccccc2C1. The Kier molecular flexibility index (Phi) is 3.67. The van der Waals surface area contributed by atoms with Crippen LogP contribution in [0.4, 0.5) is 0 Å². The average Bonchev–Trinajstić information content (AvgIpc) is 2.35. The van der Waals surface area contributed by atoms with Gasteiger partial charge in [-0.15, -0.1) is 0 Å². The lowest BCUT2D eigenvalue weighted by atomic mass is 9.73. The Morgan fingerprint density at radius 2 is 2.00 bits per heavy atom. The van der Waals surface area contributed by atoms with Crippen molar-refractivity contribution in [3.05, 3.63) is 29.8 Å². The van der Waals surface area contributed by atoms with E-state index in [9.17, 15) is 0 Å². The molecule has 0 saturated carbocycles. The normalized spacial score (nSPS) is 23.3. The van der Waals surface area contributed by atoms with E-state index in [1.807, 2.05) is 6.07 Å². The maximum absolute atomic E-state index is 6.04. The monoisotopic (exact) mass is 247 g/mol. The minimum Gasteiger partial charge on any atom is -0.493 e. The fourth-order valence-corrected chi connectivity index (χ4v) is 2.51. The minimum absolute atomic E-state index is 0.127. The number of hydrogen-bond acceptors (Lipinski definition) is 2. The fraction of sp³-hybridized carbons (Fsp3) is 0.625. The van der Waals surface area contributed by atoms with Gasteiger partial charge in [-0.2, -0.15) is 0 Å². The van der Waals surface area contributed by atoms with Crippen LogP contribution >= 0.6 is 0 Å². The molecule has 0 saturated heterocycles. The van der Waals surface area contributed by atoms with Crippen molar-refractivity contribution in [2.24, 2.45) is 16.6 Å². The quantitative estimate of drug-likeness (QED) is 0.888. The highest BCUT2D eigenvalue weighted by molar-refractivity contribution is 5.36. The lowest BCUT2D eigenvalue weighted by Crippen LogP contribution is -2.41. The summed E-state index contributed by atoms with van der Waals surface area (Å²) in [5.41, 5.74) is 7.84. The minimum atomic E-state index is 0.127. The van der Waals surface area contributed by atoms with Gasteiger partial charge >= 0.3 is 0 Å². The van der Waals surface area contributed by atoms with E-state index >= 15 is 0 Å². The number of fused-ring (bicyclic) bond motifs is 1. The van der Waals surface area contributed by atoms with Crippen molar-refractivity contribution in [1.29, 1.82) is 0 Å². The molecule has 1 aromatic carbocycles. The van der Waals surface area contributed by atoms with E-state index < -0.39 is 0 Å². The Balaban J connectivity index is 2.11. The number of para-hydroxylation sites is 1. The van der Waals surface area contributed by atoms with Gasteiger partial charge in [0, 0.05) is 12.0 Å². The highest BCUT2D eigenvalue weighted by atomic mass is 16.5. The summed E-state index contributed by atoms with van der Waals surface area (Å²) in [6.07, 6.45) is 3.38. The van der Waals surface area contributed by atoms with Gasteiger partial charge in [-0.3, -0.25) is 0 Å². The van der Waals surface area contributed by atoms with Crippen LogP contribution in [0.1, 0.15) is 39.2 Å². The Hall–Kier alpha value is -1.02. The Morgan fingerprint density at radius 3 is 2.67 bits per heavy atom. The molecule has 0 bridgehead atoms. The molecule has 1 unspecified atom stereocenters. The lowest BCUT2D eigenvalue weighted by Gasteiger charge is -2.38. The third kappa shape index (κ3) is 3.05. The third-order valence-corrected chi connectivity index (χ3v) is 3.91. The predicted molar refractivity (Wildman–Crippen MR) is 75.8 cm³/mol. The molecule has 1 aliphatic heterocycles. The van der Waals surface area contributed by atoms with E-state index in [4.69, 9.17) is 10.5 Å². The van der Waals surface area contributed by atoms with Gasteiger partial charge in [0.1, 0.15) is 5.75 Å². The maximum Gasteiger partial charge on any atom is 0.122 e. The molecule has 1 atom stereocenters. The first-order chi connectivity index (χ1) is 8.44. The number of ether oxygens (including phenoxy) is 1. The van der Waals surface area contributed by atoms with Crippen LogP contribution in [0.3, 0.4) is 0 Å². The summed E-state index contributed by atoms with van der Waals surface area (Å²) < 4.78 is 5.92. The van der Waals surface area contributed by atoms with Gasteiger partial charge in [0.2, 0.25) is 0 Å². The number of benzene rings is 1. The zero-order valence-electron chi connectivity index (χ0n) is 11.8. The third-order valence-electron chi connectivity index (χ3n) is 3.91. The van der Waals surface area contributed by atoms with E-state index in [1.54, 1.807) is 0 Å². The van der Waals surface area contributed by atoms with Gasteiger partial charge < -0.3 is 10.5 Å². The van der Waals surface area contributed by atoms with Crippen molar-refractivity contribution in [3.63, 3.8) is 0 Å². The molecule has 2 N–H and O–H groups in total. The van der Waals surface area contributed by atoms with Crippen LogP contribution in [0.5, 0.6) is 5.75 Å². The molecule has 1 heterocycles. The molecule has 2 rings (SSSR count). The highest BCUT2D eigenvalue weighted by Gasteiger charge is 2.35. The maximum atomic E-state index is 6.04. The first kappa shape index (κ1) is 13.4. The number of hydrogen-bond donors (Lipinski definition) is 1. The van der Waals surface area contributed by atoms with Crippen molar-refractivity contribution in [2.45, 2.75) is 40.0 Å². The molecule has 0 amide bonds. The molecule has 2 nitrogen and oxygen atoms in total. The molecule has 0 aromatic heterocycles. The summed E-state index contributed by atoms with van der Waals surface area (Å²) in [4.78, 5) is 0. The van der Waals surface area contributed by atoms with Crippen molar-refractivity contribution in [2.75, 3.05) is 13.2 Å². The molecule has 1 aliphatic rings. The second kappa shape index (κ2) is 4.93. The molecule has 0 radical (unpaired) electrons. The van der Waals surface area contributed by atoms with Gasteiger partial charge in [0.15, 0.2) is 0 Å². The largest absolute Gasteiger partial charge is 0.493 e. The van der Waals surface area contributed by atoms with Crippen LogP contribution in [0.2, 0.25) is 0 Å². The second-order valence-electron chi connectivity index (χ2n) is 6.84. The van der Waals surface area contributed by atoms with Crippen molar-refractivity contribution >= 4 is 0 Å². The van der Waals surface area contributed by atoms with Gasteiger partial charge in [0.05, 0.1) is 6.61 Å². The fourth-order valence-electron chi connectivity index (χ4n) is 2.51. The lowest BCUT2D eigenvalue weighted by molar-refractivity contribution is 0.103. The second-order valence-corrected chi connectivity index (χ2v) is 6.84. The van der Waals surface area contributed by atoms with Crippen LogP contribution in [0.25, 0.3) is 0 Å². The summed E-state index contributed by atoms with van der Waals surface area (Å²) >= 11 is 0. The summed E-state index contributed by atoms with van der Waals surface area (Å²) in [6, 6.07) is 8.33. The molecule has 0 fully saturated rings. The highest BCUT2D eigenvalue weighted by Crippen LogP contribution is 2.39. The van der Waals surface area contributed by atoms with Crippen LogP contribution in [0.15, 0.2) is 24.3 Å². The summed E-state index contributed by atoms with van der Waals surface area (Å²) in [6.45, 7) is 8.33. The smallest absolute Gasteiger partial charge is 0.122 e. The van der Waals surface area contributed by atoms with Gasteiger partial charge in [-0.05, 0) is 36.3 Å². The van der Waals surface area contributed by atoms with Crippen LogP contribution in [-0.4, -0.2) is 13.2 Å². The Labute approximate surface area is 111 Å².